The summed E-state index contributed by atoms with van der Waals surface area (Å²) in [6.07, 6.45) is 0. The van der Waals surface area contributed by atoms with Crippen molar-refractivity contribution in [2.45, 2.75) is 6.92 Å². The van der Waals surface area contributed by atoms with Crippen molar-refractivity contribution >= 4 is 11.6 Å². The molecule has 2 rings (SSSR count). The molecule has 0 aromatic heterocycles. The Morgan fingerprint density at radius 3 is 3.07 bits per heavy atom. The Morgan fingerprint density at radius 2 is 2.33 bits per heavy atom. The maximum absolute atomic E-state index is 12.1. The first kappa shape index (κ1) is 9.83. The van der Waals surface area contributed by atoms with Gasteiger partial charge in [-0.05, 0) is 19.1 Å². The number of nitrogen functional groups attached to an aromatic ring is 1. The van der Waals surface area contributed by atoms with E-state index in [1.807, 2.05) is 6.92 Å². The SMILES string of the molecule is CCN1CCOc2cccc(N)c2C1=O. The molecule has 1 aliphatic rings. The summed E-state index contributed by atoms with van der Waals surface area (Å²) in [4.78, 5) is 13.8. The lowest BCUT2D eigenvalue weighted by Gasteiger charge is -2.17. The first-order valence-corrected chi connectivity index (χ1v) is 5.04. The highest BCUT2D eigenvalue weighted by Gasteiger charge is 2.24. The Kier molecular flexibility index (Phi) is 2.49. The van der Waals surface area contributed by atoms with E-state index >= 15 is 0 Å². The van der Waals surface area contributed by atoms with Gasteiger partial charge in [0.15, 0.2) is 0 Å². The summed E-state index contributed by atoms with van der Waals surface area (Å²) in [5, 5.41) is 0. The molecule has 4 nitrogen and oxygen atoms in total. The maximum atomic E-state index is 12.1. The quantitative estimate of drug-likeness (QED) is 0.700. The van der Waals surface area contributed by atoms with E-state index in [9.17, 15) is 4.79 Å². The van der Waals surface area contributed by atoms with Crippen LogP contribution in [0.5, 0.6) is 5.75 Å². The van der Waals surface area contributed by atoms with Crippen LogP contribution in [0.1, 0.15) is 17.3 Å². The summed E-state index contributed by atoms with van der Waals surface area (Å²) in [6.45, 7) is 3.76. The van der Waals surface area contributed by atoms with Crippen LogP contribution in [0.25, 0.3) is 0 Å². The second kappa shape index (κ2) is 3.81. The molecule has 4 heteroatoms. The Bertz CT molecular complexity index is 390. The number of benzene rings is 1. The number of nitrogens with zero attached hydrogens (tertiary/aromatic N) is 1. The second-order valence-electron chi connectivity index (χ2n) is 3.45. The lowest BCUT2D eigenvalue weighted by molar-refractivity contribution is 0.0766. The highest BCUT2D eigenvalue weighted by Crippen LogP contribution is 2.27. The molecule has 0 unspecified atom stereocenters. The highest BCUT2D eigenvalue weighted by atomic mass is 16.5. The van der Waals surface area contributed by atoms with E-state index < -0.39 is 0 Å². The van der Waals surface area contributed by atoms with Crippen LogP contribution in [-0.4, -0.2) is 30.5 Å². The van der Waals surface area contributed by atoms with Crippen molar-refractivity contribution in [3.63, 3.8) is 0 Å². The van der Waals surface area contributed by atoms with Gasteiger partial charge in [-0.25, -0.2) is 0 Å². The minimum Gasteiger partial charge on any atom is -0.491 e. The standard InChI is InChI=1S/C11H14N2O2/c1-2-13-6-7-15-9-5-3-4-8(12)10(9)11(13)14/h3-5H,2,6-7,12H2,1H3. The molecule has 1 heterocycles. The number of likely N-dealkylation sites (N-methyl/N-ethyl adjacent to an activating group) is 1. The molecule has 1 amide bonds. The maximum Gasteiger partial charge on any atom is 0.259 e. The van der Waals surface area contributed by atoms with Crippen molar-refractivity contribution < 1.29 is 9.53 Å². The number of ether oxygens (including phenoxy) is 1. The number of carbonyl (C=O) groups excluding carboxylic acids is 1. The molecule has 0 radical (unpaired) electrons. The molecule has 0 saturated carbocycles. The fourth-order valence-corrected chi connectivity index (χ4v) is 1.72. The van der Waals surface area contributed by atoms with Gasteiger partial charge >= 0.3 is 0 Å². The van der Waals surface area contributed by atoms with Gasteiger partial charge in [-0.15, -0.1) is 0 Å². The molecule has 0 saturated heterocycles. The van der Waals surface area contributed by atoms with Crippen molar-refractivity contribution in [3.05, 3.63) is 23.8 Å². The van der Waals surface area contributed by atoms with Gasteiger partial charge in [-0.2, -0.15) is 0 Å². The van der Waals surface area contributed by atoms with Crippen LogP contribution >= 0.6 is 0 Å². The van der Waals surface area contributed by atoms with E-state index in [1.54, 1.807) is 23.1 Å². The Labute approximate surface area is 88.6 Å². The fraction of sp³-hybridized carbons (Fsp3) is 0.364. The average molecular weight is 206 g/mol. The van der Waals surface area contributed by atoms with Crippen LogP contribution in [-0.2, 0) is 0 Å². The minimum absolute atomic E-state index is 0.0388. The van der Waals surface area contributed by atoms with E-state index in [2.05, 4.69) is 0 Å². The number of hydrogen-bond donors (Lipinski definition) is 1. The van der Waals surface area contributed by atoms with E-state index in [1.165, 1.54) is 0 Å². The van der Waals surface area contributed by atoms with Gasteiger partial charge < -0.3 is 15.4 Å². The van der Waals surface area contributed by atoms with E-state index in [-0.39, 0.29) is 5.91 Å². The number of rotatable bonds is 1. The molecule has 0 bridgehead atoms. The van der Waals surface area contributed by atoms with Crippen molar-refractivity contribution in [2.75, 3.05) is 25.4 Å². The zero-order valence-electron chi connectivity index (χ0n) is 8.69. The predicted octanol–water partition coefficient (Wildman–Crippen LogP) is 1.12. The van der Waals surface area contributed by atoms with Gasteiger partial charge in [0.25, 0.3) is 5.91 Å². The van der Waals surface area contributed by atoms with Crippen LogP contribution in [0.2, 0.25) is 0 Å². The number of anilines is 1. The van der Waals surface area contributed by atoms with E-state index in [4.69, 9.17) is 10.5 Å². The molecule has 0 aliphatic carbocycles. The van der Waals surface area contributed by atoms with E-state index in [0.29, 0.717) is 36.7 Å². The number of fused-ring (bicyclic) bond motifs is 1. The minimum atomic E-state index is -0.0388. The number of hydrogen-bond acceptors (Lipinski definition) is 3. The lowest BCUT2D eigenvalue weighted by Crippen LogP contribution is -2.32. The zero-order chi connectivity index (χ0) is 10.8. The normalized spacial score (nSPS) is 15.5. The third-order valence-electron chi connectivity index (χ3n) is 2.56. The second-order valence-corrected chi connectivity index (χ2v) is 3.45. The Morgan fingerprint density at radius 1 is 1.53 bits per heavy atom. The summed E-state index contributed by atoms with van der Waals surface area (Å²) in [6, 6.07) is 5.30. The van der Waals surface area contributed by atoms with Crippen LogP contribution in [0.3, 0.4) is 0 Å². The molecule has 80 valence electrons. The van der Waals surface area contributed by atoms with Gasteiger partial charge in [0.1, 0.15) is 17.9 Å². The average Bonchev–Trinajstić information content (AvgIpc) is 2.39. The molecule has 15 heavy (non-hydrogen) atoms. The van der Waals surface area contributed by atoms with Gasteiger partial charge in [0, 0.05) is 12.2 Å². The molecule has 0 spiro atoms. The summed E-state index contributed by atoms with van der Waals surface area (Å²) >= 11 is 0. The third-order valence-corrected chi connectivity index (χ3v) is 2.56. The Hall–Kier alpha value is -1.71. The monoisotopic (exact) mass is 206 g/mol. The Balaban J connectivity index is 2.49. The molecular weight excluding hydrogens is 192 g/mol. The molecule has 2 N–H and O–H groups in total. The van der Waals surface area contributed by atoms with Gasteiger partial charge in [-0.1, -0.05) is 6.07 Å². The van der Waals surface area contributed by atoms with Gasteiger partial charge in [0.05, 0.1) is 6.54 Å². The van der Waals surface area contributed by atoms with E-state index in [0.717, 1.165) is 0 Å². The smallest absolute Gasteiger partial charge is 0.259 e. The highest BCUT2D eigenvalue weighted by molar-refractivity contribution is 6.02. The molecule has 1 aliphatic heterocycles. The molecular formula is C11H14N2O2. The number of amides is 1. The van der Waals surface area contributed by atoms with Gasteiger partial charge in [-0.3, -0.25) is 4.79 Å². The molecule has 0 atom stereocenters. The fourth-order valence-electron chi connectivity index (χ4n) is 1.72. The predicted molar refractivity (Wildman–Crippen MR) is 57.9 cm³/mol. The van der Waals surface area contributed by atoms with Crippen molar-refractivity contribution in [2.24, 2.45) is 0 Å². The number of carbonyl (C=O) groups is 1. The van der Waals surface area contributed by atoms with Crippen molar-refractivity contribution in [1.29, 1.82) is 0 Å². The third kappa shape index (κ3) is 1.63. The van der Waals surface area contributed by atoms with Crippen LogP contribution < -0.4 is 10.5 Å². The summed E-state index contributed by atoms with van der Waals surface area (Å²) in [7, 11) is 0. The molecule has 1 aromatic rings. The summed E-state index contributed by atoms with van der Waals surface area (Å²) < 4.78 is 5.49. The van der Waals surface area contributed by atoms with Crippen LogP contribution in [0.15, 0.2) is 18.2 Å². The first-order chi connectivity index (χ1) is 7.24. The summed E-state index contributed by atoms with van der Waals surface area (Å²) in [5.41, 5.74) is 6.77. The largest absolute Gasteiger partial charge is 0.491 e. The van der Waals surface area contributed by atoms with Crippen LogP contribution in [0.4, 0.5) is 5.69 Å². The van der Waals surface area contributed by atoms with Crippen molar-refractivity contribution in [1.82, 2.24) is 4.90 Å². The zero-order valence-corrected chi connectivity index (χ0v) is 8.69. The molecule has 1 aromatic carbocycles. The van der Waals surface area contributed by atoms with Gasteiger partial charge in [0.2, 0.25) is 0 Å². The first-order valence-electron chi connectivity index (χ1n) is 5.04. The lowest BCUT2D eigenvalue weighted by atomic mass is 10.1. The van der Waals surface area contributed by atoms with Crippen LogP contribution in [0, 0.1) is 0 Å². The van der Waals surface area contributed by atoms with Crippen molar-refractivity contribution in [3.8, 4) is 5.75 Å². The summed E-state index contributed by atoms with van der Waals surface area (Å²) in [5.74, 6) is 0.555. The molecule has 0 fully saturated rings. The topological polar surface area (TPSA) is 55.6 Å². The number of nitrogens with two attached hydrogens (primary N) is 1.